The van der Waals surface area contributed by atoms with E-state index in [0.717, 1.165) is 0 Å². The summed E-state index contributed by atoms with van der Waals surface area (Å²) in [6.07, 6.45) is -0.670. The molecule has 0 heterocycles. The van der Waals surface area contributed by atoms with Crippen molar-refractivity contribution in [1.29, 1.82) is 0 Å². The van der Waals surface area contributed by atoms with Crippen LogP contribution >= 0.6 is 0 Å². The number of nitrogens with one attached hydrogen (secondary N) is 1. The lowest BCUT2D eigenvalue weighted by Gasteiger charge is -2.10. The lowest BCUT2D eigenvalue weighted by Crippen LogP contribution is -2.16. The first-order valence-electron chi connectivity index (χ1n) is 5.02. The normalized spacial score (nSPS) is 11.5. The van der Waals surface area contributed by atoms with E-state index in [2.05, 4.69) is 5.32 Å². The van der Waals surface area contributed by atoms with Gasteiger partial charge in [0, 0.05) is 13.2 Å². The number of aromatic hydroxyl groups is 2. The molecule has 0 spiro atoms. The van der Waals surface area contributed by atoms with Crippen molar-refractivity contribution < 1.29 is 20.4 Å². The largest absolute Gasteiger partial charge is 0.504 e. The molecule has 0 aliphatic rings. The summed E-state index contributed by atoms with van der Waals surface area (Å²) < 4.78 is 0. The molecule has 1 rings (SSSR count). The quantitative estimate of drug-likeness (QED) is 0.482. The maximum atomic E-state index is 9.48. The summed E-state index contributed by atoms with van der Waals surface area (Å²) in [7, 11) is 1.73. The van der Waals surface area contributed by atoms with E-state index in [4.69, 9.17) is 15.3 Å². The van der Waals surface area contributed by atoms with E-state index < -0.39 is 6.10 Å². The van der Waals surface area contributed by atoms with Gasteiger partial charge in [-0.15, -0.1) is 0 Å². The van der Waals surface area contributed by atoms with E-state index in [1.54, 1.807) is 20.0 Å². The molecule has 1 aromatic rings. The monoisotopic (exact) mass is 229 g/mol. The predicted octanol–water partition coefficient (Wildman–Crippen LogP) is 0.349. The Hall–Kier alpha value is -1.30. The zero-order chi connectivity index (χ0) is 12.6. The molecular weight excluding hydrogens is 210 g/mol. The van der Waals surface area contributed by atoms with Crippen LogP contribution in [0.2, 0.25) is 0 Å². The van der Waals surface area contributed by atoms with Gasteiger partial charge in [-0.2, -0.15) is 0 Å². The number of phenols is 2. The number of hydrogen-bond acceptors (Lipinski definition) is 5. The molecule has 16 heavy (non-hydrogen) atoms. The van der Waals surface area contributed by atoms with Crippen LogP contribution in [0.15, 0.2) is 18.2 Å². The fourth-order valence-corrected chi connectivity index (χ4v) is 1.06. The first-order valence-corrected chi connectivity index (χ1v) is 5.02. The van der Waals surface area contributed by atoms with Gasteiger partial charge in [0.1, 0.15) is 0 Å². The first kappa shape index (κ1) is 14.7. The van der Waals surface area contributed by atoms with Gasteiger partial charge in [0.05, 0.1) is 6.10 Å². The van der Waals surface area contributed by atoms with Crippen LogP contribution in [-0.2, 0) is 0 Å². The zero-order valence-electron chi connectivity index (χ0n) is 9.51. The summed E-state index contributed by atoms with van der Waals surface area (Å²) in [6, 6.07) is 4.26. The van der Waals surface area contributed by atoms with Crippen LogP contribution in [0.25, 0.3) is 0 Å². The average molecular weight is 229 g/mol. The number of aliphatic hydroxyl groups excluding tert-OH is 2. The molecular formula is C11H19NO4. The Balaban J connectivity index is 0.000000673. The second-order valence-corrected chi connectivity index (χ2v) is 3.14. The third-order valence-electron chi connectivity index (χ3n) is 1.78. The van der Waals surface area contributed by atoms with Gasteiger partial charge in [0.2, 0.25) is 0 Å². The van der Waals surface area contributed by atoms with Crippen LogP contribution in [-0.4, -0.2) is 40.6 Å². The fraction of sp³-hybridized carbons (Fsp3) is 0.455. The topological polar surface area (TPSA) is 93.0 Å². The second kappa shape index (κ2) is 7.92. The van der Waals surface area contributed by atoms with E-state index in [9.17, 15) is 5.11 Å². The van der Waals surface area contributed by atoms with Crippen molar-refractivity contribution >= 4 is 0 Å². The molecule has 5 heteroatoms. The molecule has 0 fully saturated rings. The van der Waals surface area contributed by atoms with Crippen molar-refractivity contribution in [3.05, 3.63) is 23.8 Å². The SMILES string of the molecule is CCO.CNCC(O)c1ccc(O)c(O)c1. The molecule has 5 N–H and O–H groups in total. The smallest absolute Gasteiger partial charge is 0.157 e. The Morgan fingerprint density at radius 1 is 1.25 bits per heavy atom. The van der Waals surface area contributed by atoms with E-state index in [1.807, 2.05) is 0 Å². The highest BCUT2D eigenvalue weighted by Crippen LogP contribution is 2.27. The minimum atomic E-state index is -0.670. The van der Waals surface area contributed by atoms with Gasteiger partial charge in [-0.25, -0.2) is 0 Å². The Labute approximate surface area is 95.0 Å². The molecule has 1 unspecified atom stereocenters. The number of aliphatic hydroxyl groups is 2. The van der Waals surface area contributed by atoms with Crippen molar-refractivity contribution in [3.63, 3.8) is 0 Å². The summed E-state index contributed by atoms with van der Waals surface area (Å²) in [5, 5.41) is 38.0. The van der Waals surface area contributed by atoms with E-state index in [-0.39, 0.29) is 18.1 Å². The summed E-state index contributed by atoms with van der Waals surface area (Å²) in [5.41, 5.74) is 0.574. The standard InChI is InChI=1S/C9H13NO3.C2H6O/c1-10-5-9(13)6-2-3-7(11)8(12)4-6;1-2-3/h2-4,9-13H,5H2,1H3;3H,2H2,1H3. The first-order chi connectivity index (χ1) is 7.56. The Bertz CT molecular complexity index is 304. The highest BCUT2D eigenvalue weighted by molar-refractivity contribution is 5.41. The highest BCUT2D eigenvalue weighted by Gasteiger charge is 2.08. The van der Waals surface area contributed by atoms with Crippen molar-refractivity contribution in [2.24, 2.45) is 0 Å². The van der Waals surface area contributed by atoms with Crippen LogP contribution < -0.4 is 5.32 Å². The van der Waals surface area contributed by atoms with Crippen LogP contribution in [0.5, 0.6) is 11.5 Å². The number of likely N-dealkylation sites (N-methyl/N-ethyl adjacent to an activating group) is 1. The van der Waals surface area contributed by atoms with Crippen molar-refractivity contribution in [3.8, 4) is 11.5 Å². The van der Waals surface area contributed by atoms with Gasteiger partial charge in [-0.1, -0.05) is 6.07 Å². The molecule has 1 aromatic carbocycles. The predicted molar refractivity (Wildman–Crippen MR) is 61.4 cm³/mol. The lowest BCUT2D eigenvalue weighted by molar-refractivity contribution is 0.177. The summed E-state index contributed by atoms with van der Waals surface area (Å²) in [5.74, 6) is -0.395. The summed E-state index contributed by atoms with van der Waals surface area (Å²) in [6.45, 7) is 2.34. The molecule has 0 aliphatic heterocycles. The maximum Gasteiger partial charge on any atom is 0.157 e. The van der Waals surface area contributed by atoms with Gasteiger partial charge in [-0.3, -0.25) is 0 Å². The third kappa shape index (κ3) is 4.97. The molecule has 0 saturated carbocycles. The van der Waals surface area contributed by atoms with E-state index in [1.165, 1.54) is 12.1 Å². The van der Waals surface area contributed by atoms with Crippen molar-refractivity contribution in [2.75, 3.05) is 20.2 Å². The van der Waals surface area contributed by atoms with Crippen molar-refractivity contribution in [2.45, 2.75) is 13.0 Å². The second-order valence-electron chi connectivity index (χ2n) is 3.14. The van der Waals surface area contributed by atoms with Crippen LogP contribution in [0, 0.1) is 0 Å². The Morgan fingerprint density at radius 2 is 1.81 bits per heavy atom. The Morgan fingerprint density at radius 3 is 2.25 bits per heavy atom. The van der Waals surface area contributed by atoms with Crippen molar-refractivity contribution in [1.82, 2.24) is 5.32 Å². The van der Waals surface area contributed by atoms with Gasteiger partial charge < -0.3 is 25.7 Å². The number of benzene rings is 1. The van der Waals surface area contributed by atoms with Gasteiger partial charge in [0.15, 0.2) is 11.5 Å². The minimum Gasteiger partial charge on any atom is -0.504 e. The molecule has 5 nitrogen and oxygen atoms in total. The summed E-state index contributed by atoms with van der Waals surface area (Å²) >= 11 is 0. The number of phenolic OH excluding ortho intramolecular Hbond substituents is 2. The third-order valence-corrected chi connectivity index (χ3v) is 1.78. The van der Waals surface area contributed by atoms with Crippen LogP contribution in [0.4, 0.5) is 0 Å². The number of rotatable bonds is 3. The average Bonchev–Trinajstić information content (AvgIpc) is 2.23. The molecule has 0 aromatic heterocycles. The van der Waals surface area contributed by atoms with Gasteiger partial charge in [0.25, 0.3) is 0 Å². The zero-order valence-corrected chi connectivity index (χ0v) is 9.51. The molecule has 0 amide bonds. The fourth-order valence-electron chi connectivity index (χ4n) is 1.06. The van der Waals surface area contributed by atoms with Crippen LogP contribution in [0.3, 0.4) is 0 Å². The molecule has 0 radical (unpaired) electrons. The maximum absolute atomic E-state index is 9.48. The molecule has 0 bridgehead atoms. The number of hydrogen-bond donors (Lipinski definition) is 5. The van der Waals surface area contributed by atoms with Gasteiger partial charge in [-0.05, 0) is 31.7 Å². The Kier molecular flexibility index (Phi) is 7.28. The molecule has 0 saturated heterocycles. The molecule has 0 aliphatic carbocycles. The lowest BCUT2D eigenvalue weighted by atomic mass is 10.1. The minimum absolute atomic E-state index is 0.180. The summed E-state index contributed by atoms with van der Waals surface area (Å²) in [4.78, 5) is 0. The van der Waals surface area contributed by atoms with E-state index >= 15 is 0 Å². The molecule has 1 atom stereocenters. The molecule has 92 valence electrons. The van der Waals surface area contributed by atoms with E-state index in [0.29, 0.717) is 12.1 Å². The van der Waals surface area contributed by atoms with Crippen LogP contribution in [0.1, 0.15) is 18.6 Å². The highest BCUT2D eigenvalue weighted by atomic mass is 16.3. The van der Waals surface area contributed by atoms with Gasteiger partial charge >= 0.3 is 0 Å².